The topological polar surface area (TPSA) is 86.8 Å². The van der Waals surface area contributed by atoms with Crippen molar-refractivity contribution in [2.45, 2.75) is 65.5 Å². The van der Waals surface area contributed by atoms with Crippen molar-refractivity contribution in [2.75, 3.05) is 23.7 Å². The van der Waals surface area contributed by atoms with Crippen molar-refractivity contribution in [3.8, 4) is 0 Å². The van der Waals surface area contributed by atoms with E-state index in [2.05, 4.69) is 5.32 Å². The molecule has 0 heterocycles. The van der Waals surface area contributed by atoms with Gasteiger partial charge >= 0.3 is 0 Å². The third-order valence-electron chi connectivity index (χ3n) is 6.05. The van der Waals surface area contributed by atoms with Gasteiger partial charge in [-0.3, -0.25) is 13.9 Å². The zero-order valence-corrected chi connectivity index (χ0v) is 23.2. The molecule has 0 aromatic heterocycles. The van der Waals surface area contributed by atoms with Gasteiger partial charge in [-0.25, -0.2) is 8.42 Å². The highest BCUT2D eigenvalue weighted by Gasteiger charge is 2.29. The van der Waals surface area contributed by atoms with E-state index in [1.165, 1.54) is 10.6 Å². The molecule has 0 saturated heterocycles. The van der Waals surface area contributed by atoms with Gasteiger partial charge in [-0.05, 0) is 49.4 Å². The van der Waals surface area contributed by atoms with Crippen LogP contribution >= 0.6 is 11.6 Å². The zero-order chi connectivity index (χ0) is 26.7. The molecule has 1 atom stereocenters. The lowest BCUT2D eigenvalue weighted by molar-refractivity contribution is -0.141. The molecule has 0 aliphatic rings. The van der Waals surface area contributed by atoms with Crippen LogP contribution < -0.4 is 9.62 Å². The Balaban J connectivity index is 2.22. The molecule has 2 aromatic carbocycles. The molecule has 198 valence electrons. The van der Waals surface area contributed by atoms with Crippen molar-refractivity contribution in [3.63, 3.8) is 0 Å². The first-order valence-corrected chi connectivity index (χ1v) is 14.7. The molecule has 9 heteroatoms. The summed E-state index contributed by atoms with van der Waals surface area (Å²) < 4.78 is 26.3. The third kappa shape index (κ3) is 8.52. The first-order chi connectivity index (χ1) is 17.1. The predicted molar refractivity (Wildman–Crippen MR) is 147 cm³/mol. The van der Waals surface area contributed by atoms with E-state index in [4.69, 9.17) is 11.6 Å². The monoisotopic (exact) mass is 535 g/mol. The molecule has 0 spiro atoms. The quantitative estimate of drug-likeness (QED) is 0.348. The van der Waals surface area contributed by atoms with Crippen LogP contribution in [0.5, 0.6) is 0 Å². The number of carbonyl (C=O) groups is 2. The molecule has 0 aliphatic carbocycles. The van der Waals surface area contributed by atoms with Gasteiger partial charge in [0.15, 0.2) is 0 Å². The molecule has 0 aliphatic heterocycles. The van der Waals surface area contributed by atoms with Crippen LogP contribution in [0.1, 0.15) is 57.1 Å². The maximum atomic E-state index is 13.5. The van der Waals surface area contributed by atoms with E-state index in [1.807, 2.05) is 51.1 Å². The van der Waals surface area contributed by atoms with Crippen molar-refractivity contribution in [1.29, 1.82) is 0 Å². The highest BCUT2D eigenvalue weighted by molar-refractivity contribution is 7.92. The number of nitrogens with zero attached hydrogens (tertiary/aromatic N) is 2. The lowest BCUT2D eigenvalue weighted by Crippen LogP contribution is -2.49. The number of carbonyl (C=O) groups excluding carboxylic acids is 2. The van der Waals surface area contributed by atoms with E-state index in [0.717, 1.165) is 24.0 Å². The summed E-state index contributed by atoms with van der Waals surface area (Å²) >= 11 is 6.37. The van der Waals surface area contributed by atoms with Gasteiger partial charge in [0.25, 0.3) is 0 Å². The molecule has 0 radical (unpaired) electrons. The smallest absolute Gasteiger partial charge is 0.242 e. The molecule has 0 fully saturated rings. The van der Waals surface area contributed by atoms with Crippen LogP contribution in [-0.4, -0.2) is 50.5 Å². The Bertz CT molecular complexity index is 1120. The number of hydrogen-bond donors (Lipinski definition) is 1. The summed E-state index contributed by atoms with van der Waals surface area (Å²) in [6.07, 6.45) is 3.84. The number of unbranched alkanes of at least 4 members (excludes halogenated alkanes) is 1. The Kier molecular flexibility index (Phi) is 11.7. The highest BCUT2D eigenvalue weighted by Crippen LogP contribution is 2.24. The largest absolute Gasteiger partial charge is 0.354 e. The standard InChI is InChI=1S/C27H38ClN3O4S/c1-5-7-18-29-27(33)24(6-2)30(20-22-14-9-10-15-23(22)28)26(32)17-12-19-31(36(4,34)35)25-16-11-8-13-21(25)3/h8-11,13-16,24H,5-7,12,17-20H2,1-4H3,(H,29,33)/t24-/m1/s1. The number of para-hydroxylation sites is 1. The second kappa shape index (κ2) is 14.2. The van der Waals surface area contributed by atoms with Crippen molar-refractivity contribution >= 4 is 39.1 Å². The summed E-state index contributed by atoms with van der Waals surface area (Å²) in [5, 5.41) is 3.47. The molecule has 0 saturated carbocycles. The second-order valence-corrected chi connectivity index (χ2v) is 11.2. The van der Waals surface area contributed by atoms with E-state index < -0.39 is 16.1 Å². The fourth-order valence-electron chi connectivity index (χ4n) is 4.06. The third-order valence-corrected chi connectivity index (χ3v) is 7.60. The summed E-state index contributed by atoms with van der Waals surface area (Å²) in [7, 11) is -3.53. The van der Waals surface area contributed by atoms with Crippen LogP contribution in [-0.2, 0) is 26.2 Å². The van der Waals surface area contributed by atoms with E-state index in [0.29, 0.717) is 30.1 Å². The molecule has 2 amide bonds. The van der Waals surface area contributed by atoms with Gasteiger partial charge in [-0.1, -0.05) is 68.3 Å². The molecule has 1 N–H and O–H groups in total. The normalized spacial score (nSPS) is 12.1. The molecule has 0 unspecified atom stereocenters. The summed E-state index contributed by atoms with van der Waals surface area (Å²) in [4.78, 5) is 28.0. The van der Waals surface area contributed by atoms with Crippen LogP contribution in [0.2, 0.25) is 5.02 Å². The Morgan fingerprint density at radius 1 is 1.03 bits per heavy atom. The zero-order valence-electron chi connectivity index (χ0n) is 21.7. The van der Waals surface area contributed by atoms with Crippen LogP contribution in [0.3, 0.4) is 0 Å². The summed E-state index contributed by atoms with van der Waals surface area (Å²) in [6.45, 7) is 6.70. The second-order valence-electron chi connectivity index (χ2n) is 8.91. The van der Waals surface area contributed by atoms with E-state index in [-0.39, 0.29) is 31.3 Å². The number of aryl methyl sites for hydroxylation is 1. The first kappa shape index (κ1) is 29.6. The van der Waals surface area contributed by atoms with Gasteiger partial charge in [-0.15, -0.1) is 0 Å². The SMILES string of the molecule is CCCCNC(=O)[C@@H](CC)N(Cc1ccccc1Cl)C(=O)CCCN(c1ccccc1C)S(C)(=O)=O. The molecule has 2 aromatic rings. The molecule has 7 nitrogen and oxygen atoms in total. The number of rotatable bonds is 14. The van der Waals surface area contributed by atoms with Crippen LogP contribution in [0, 0.1) is 6.92 Å². The van der Waals surface area contributed by atoms with E-state index >= 15 is 0 Å². The highest BCUT2D eigenvalue weighted by atomic mass is 35.5. The average molecular weight is 536 g/mol. The number of halogens is 1. The number of anilines is 1. The van der Waals surface area contributed by atoms with Gasteiger partial charge < -0.3 is 10.2 Å². The van der Waals surface area contributed by atoms with Crippen LogP contribution in [0.4, 0.5) is 5.69 Å². The molecule has 2 rings (SSSR count). The minimum Gasteiger partial charge on any atom is -0.354 e. The van der Waals surface area contributed by atoms with Crippen molar-refractivity contribution in [3.05, 3.63) is 64.7 Å². The number of amides is 2. The van der Waals surface area contributed by atoms with Crippen LogP contribution in [0.25, 0.3) is 0 Å². The number of benzene rings is 2. The van der Waals surface area contributed by atoms with Gasteiger partial charge in [0.05, 0.1) is 11.9 Å². The molecular weight excluding hydrogens is 498 g/mol. The van der Waals surface area contributed by atoms with Gasteiger partial charge in [0.2, 0.25) is 21.8 Å². The van der Waals surface area contributed by atoms with Crippen molar-refractivity contribution < 1.29 is 18.0 Å². The predicted octanol–water partition coefficient (Wildman–Crippen LogP) is 4.92. The Morgan fingerprint density at radius 3 is 2.31 bits per heavy atom. The van der Waals surface area contributed by atoms with Crippen LogP contribution in [0.15, 0.2) is 48.5 Å². The average Bonchev–Trinajstić information content (AvgIpc) is 2.83. The lowest BCUT2D eigenvalue weighted by Gasteiger charge is -2.31. The fourth-order valence-corrected chi connectivity index (χ4v) is 5.28. The first-order valence-electron chi connectivity index (χ1n) is 12.4. The summed E-state index contributed by atoms with van der Waals surface area (Å²) in [5.74, 6) is -0.408. The molecule has 36 heavy (non-hydrogen) atoms. The number of sulfonamides is 1. The molecular formula is C27H38ClN3O4S. The molecule has 0 bridgehead atoms. The fraction of sp³-hybridized carbons (Fsp3) is 0.481. The van der Waals surface area contributed by atoms with Crippen molar-refractivity contribution in [1.82, 2.24) is 10.2 Å². The van der Waals surface area contributed by atoms with Gasteiger partial charge in [0, 0.05) is 31.1 Å². The summed E-state index contributed by atoms with van der Waals surface area (Å²) in [6, 6.07) is 13.9. The van der Waals surface area contributed by atoms with Gasteiger partial charge in [-0.2, -0.15) is 0 Å². The minimum atomic E-state index is -3.53. The van der Waals surface area contributed by atoms with E-state index in [1.54, 1.807) is 23.1 Å². The minimum absolute atomic E-state index is 0.0983. The summed E-state index contributed by atoms with van der Waals surface area (Å²) in [5.41, 5.74) is 2.19. The maximum absolute atomic E-state index is 13.5. The Morgan fingerprint density at radius 2 is 1.69 bits per heavy atom. The Hall–Kier alpha value is -2.58. The number of hydrogen-bond acceptors (Lipinski definition) is 4. The lowest BCUT2D eigenvalue weighted by atomic mass is 10.1. The van der Waals surface area contributed by atoms with Gasteiger partial charge in [0.1, 0.15) is 6.04 Å². The maximum Gasteiger partial charge on any atom is 0.242 e. The van der Waals surface area contributed by atoms with E-state index in [9.17, 15) is 18.0 Å². The Labute approximate surface area is 220 Å². The van der Waals surface area contributed by atoms with Crippen molar-refractivity contribution in [2.24, 2.45) is 0 Å². The number of nitrogens with one attached hydrogen (secondary N) is 1.